The highest BCUT2D eigenvalue weighted by Crippen LogP contribution is 2.35. The largest absolute Gasteiger partial charge is 0.378 e. The second-order valence-corrected chi connectivity index (χ2v) is 18.4. The molecule has 0 radical (unpaired) electrons. The third-order valence-electron chi connectivity index (χ3n) is 7.88. The summed E-state index contributed by atoms with van der Waals surface area (Å²) >= 11 is 1.53. The van der Waals surface area contributed by atoms with E-state index < -0.39 is 8.07 Å². The molecule has 0 aliphatic carbocycles. The Morgan fingerprint density at radius 1 is 1.13 bits per heavy atom. The molecule has 6 rings (SSSR count). The molecule has 1 atom stereocenters. The molecular weight excluding hydrogens is 514 g/mol. The molecule has 1 amide bonds. The Bertz CT molecular complexity index is 1350. The number of amides is 1. The van der Waals surface area contributed by atoms with Crippen LogP contribution in [0.25, 0.3) is 10.9 Å². The lowest BCUT2D eigenvalue weighted by Crippen LogP contribution is -2.49. The number of carbonyl (C=O) groups is 1. The molecule has 204 valence electrons. The molecule has 8 nitrogen and oxygen atoms in total. The first-order chi connectivity index (χ1) is 18.1. The van der Waals surface area contributed by atoms with Crippen LogP contribution < -0.4 is 20.4 Å². The van der Waals surface area contributed by atoms with Crippen LogP contribution in [0.15, 0.2) is 18.2 Å². The molecule has 0 unspecified atom stereocenters. The number of morpholine rings is 2. The fourth-order valence-electron chi connectivity index (χ4n) is 6.00. The van der Waals surface area contributed by atoms with Gasteiger partial charge in [-0.05, 0) is 44.0 Å². The highest BCUT2D eigenvalue weighted by molar-refractivity contribution is 7.17. The van der Waals surface area contributed by atoms with Gasteiger partial charge < -0.3 is 29.6 Å². The predicted octanol–water partition coefficient (Wildman–Crippen LogP) is 3.52. The molecule has 38 heavy (non-hydrogen) atoms. The molecule has 2 saturated heterocycles. The summed E-state index contributed by atoms with van der Waals surface area (Å²) in [6.07, 6.45) is 1.64. The van der Waals surface area contributed by atoms with E-state index in [2.05, 4.69) is 71.8 Å². The lowest BCUT2D eigenvalue weighted by atomic mass is 9.94. The van der Waals surface area contributed by atoms with Crippen LogP contribution in [0.1, 0.15) is 34.8 Å². The summed E-state index contributed by atoms with van der Waals surface area (Å²) < 4.78 is 11.6. The van der Waals surface area contributed by atoms with Gasteiger partial charge in [-0.25, -0.2) is 4.98 Å². The number of nitrogens with one attached hydrogen (secondary N) is 2. The topological polar surface area (TPSA) is 82.7 Å². The van der Waals surface area contributed by atoms with Crippen molar-refractivity contribution in [3.05, 3.63) is 34.3 Å². The Morgan fingerprint density at radius 2 is 1.89 bits per heavy atom. The number of anilines is 2. The number of H-pyrrole nitrogens is 1. The minimum atomic E-state index is -1.65. The summed E-state index contributed by atoms with van der Waals surface area (Å²) in [5, 5.41) is 6.80. The van der Waals surface area contributed by atoms with Crippen molar-refractivity contribution in [2.24, 2.45) is 0 Å². The van der Waals surface area contributed by atoms with Gasteiger partial charge in [0.2, 0.25) is 0 Å². The van der Waals surface area contributed by atoms with E-state index in [0.29, 0.717) is 13.2 Å². The van der Waals surface area contributed by atoms with Crippen molar-refractivity contribution >= 4 is 52.4 Å². The van der Waals surface area contributed by atoms with Crippen LogP contribution in [0.4, 0.5) is 10.8 Å². The molecule has 3 aromatic rings. The zero-order valence-electron chi connectivity index (χ0n) is 23.1. The second kappa shape index (κ2) is 9.66. The van der Waals surface area contributed by atoms with E-state index in [4.69, 9.17) is 14.5 Å². The summed E-state index contributed by atoms with van der Waals surface area (Å²) in [6.45, 7) is 16.9. The maximum atomic E-state index is 12.8. The fraction of sp³-hybridized carbons (Fsp3) is 0.571. The van der Waals surface area contributed by atoms with Gasteiger partial charge in [0.05, 0.1) is 46.2 Å². The molecule has 10 heteroatoms. The minimum Gasteiger partial charge on any atom is -0.378 e. The highest BCUT2D eigenvalue weighted by Gasteiger charge is 2.36. The maximum absolute atomic E-state index is 12.8. The number of fused-ring (bicyclic) bond motifs is 2. The van der Waals surface area contributed by atoms with Gasteiger partial charge in [0.15, 0.2) is 5.13 Å². The van der Waals surface area contributed by atoms with E-state index in [0.717, 1.165) is 61.4 Å². The van der Waals surface area contributed by atoms with E-state index in [1.165, 1.54) is 38.8 Å². The number of aromatic amines is 1. The normalized spacial score (nSPS) is 22.0. The Balaban J connectivity index is 1.36. The summed E-state index contributed by atoms with van der Waals surface area (Å²) in [5.41, 5.74) is 4.54. The van der Waals surface area contributed by atoms with Crippen molar-refractivity contribution in [3.8, 4) is 0 Å². The summed E-state index contributed by atoms with van der Waals surface area (Å²) in [4.78, 5) is 27.2. The van der Waals surface area contributed by atoms with E-state index in [-0.39, 0.29) is 17.5 Å². The minimum absolute atomic E-state index is 0.00176. The number of rotatable bonds is 5. The van der Waals surface area contributed by atoms with E-state index in [9.17, 15) is 4.79 Å². The van der Waals surface area contributed by atoms with Crippen molar-refractivity contribution in [2.45, 2.75) is 57.9 Å². The van der Waals surface area contributed by atoms with Crippen LogP contribution in [-0.2, 0) is 22.3 Å². The summed E-state index contributed by atoms with van der Waals surface area (Å²) in [6, 6.07) is 7.02. The summed E-state index contributed by atoms with van der Waals surface area (Å²) in [5.74, 6) is -0.00176. The van der Waals surface area contributed by atoms with Gasteiger partial charge in [-0.2, -0.15) is 0 Å². The fourth-order valence-corrected chi connectivity index (χ4v) is 8.73. The first-order valence-electron chi connectivity index (χ1n) is 13.7. The number of aromatic nitrogens is 2. The van der Waals surface area contributed by atoms with Crippen molar-refractivity contribution in [2.75, 3.05) is 55.9 Å². The van der Waals surface area contributed by atoms with Crippen LogP contribution in [0.2, 0.25) is 19.6 Å². The number of carbonyl (C=O) groups excluding carboxylic acids is 1. The first-order valence-corrected chi connectivity index (χ1v) is 18.1. The molecule has 1 aromatic carbocycles. The smallest absolute Gasteiger partial charge is 0.263 e. The number of hydrogen-bond donors (Lipinski definition) is 2. The van der Waals surface area contributed by atoms with Gasteiger partial charge in [0, 0.05) is 53.5 Å². The van der Waals surface area contributed by atoms with Crippen molar-refractivity contribution in [3.63, 3.8) is 0 Å². The predicted molar refractivity (Wildman–Crippen MR) is 157 cm³/mol. The van der Waals surface area contributed by atoms with Crippen LogP contribution in [0, 0.1) is 0 Å². The Hall–Kier alpha value is -2.40. The van der Waals surface area contributed by atoms with E-state index >= 15 is 0 Å². The van der Waals surface area contributed by atoms with Gasteiger partial charge in [-0.15, -0.1) is 0 Å². The van der Waals surface area contributed by atoms with Gasteiger partial charge in [0.1, 0.15) is 4.88 Å². The van der Waals surface area contributed by atoms with Crippen molar-refractivity contribution in [1.82, 2.24) is 15.3 Å². The van der Waals surface area contributed by atoms with Gasteiger partial charge in [-0.1, -0.05) is 31.0 Å². The molecule has 3 aliphatic heterocycles. The number of benzene rings is 1. The quantitative estimate of drug-likeness (QED) is 0.471. The maximum Gasteiger partial charge on any atom is 0.263 e. The molecule has 3 aliphatic rings. The molecule has 2 fully saturated rings. The molecular formula is C28H39N5O3SSi. The number of ether oxygens (including phenoxy) is 2. The Kier molecular flexibility index (Phi) is 6.57. The molecule has 5 heterocycles. The van der Waals surface area contributed by atoms with Crippen LogP contribution in [0.5, 0.6) is 0 Å². The molecule has 2 aromatic heterocycles. The van der Waals surface area contributed by atoms with Crippen LogP contribution >= 0.6 is 11.3 Å². The van der Waals surface area contributed by atoms with Crippen molar-refractivity contribution in [1.29, 1.82) is 0 Å². The molecule has 0 bridgehead atoms. The standard InChI is InChI=1S/C28H39N5O3SSi/c1-28(2)16-23-24(25(34)31-28)37-27(30-23)33-10-13-36-17-19(33)15-21-20-14-18(32-8-11-35-12-9-32)6-7-22(20)29-26(21)38(3,4)5/h6-7,14,19,29H,8-13,15-17H2,1-5H3,(H,31,34)/t19-/m0/s1. The third kappa shape index (κ3) is 4.87. The van der Waals surface area contributed by atoms with Gasteiger partial charge in [0.25, 0.3) is 5.91 Å². The first kappa shape index (κ1) is 25.9. The SMILES string of the molecule is CC1(C)Cc2nc(N3CCOC[C@@H]3Cc3c([Si](C)(C)C)[nH]c4ccc(N5CCOCC5)cc34)sc2C(=O)N1. The lowest BCUT2D eigenvalue weighted by Gasteiger charge is -2.36. The molecule has 0 saturated carbocycles. The average Bonchev–Trinajstić information content (AvgIpc) is 3.46. The monoisotopic (exact) mass is 553 g/mol. The Morgan fingerprint density at radius 3 is 2.66 bits per heavy atom. The van der Waals surface area contributed by atoms with Gasteiger partial charge in [-0.3, -0.25) is 4.79 Å². The second-order valence-electron chi connectivity index (χ2n) is 12.5. The number of nitrogens with zero attached hydrogens (tertiary/aromatic N) is 3. The van der Waals surface area contributed by atoms with Crippen LogP contribution in [-0.4, -0.2) is 81.6 Å². The molecule has 2 N–H and O–H groups in total. The highest BCUT2D eigenvalue weighted by atomic mass is 32.1. The zero-order chi connectivity index (χ0) is 26.7. The number of thiazole rings is 1. The lowest BCUT2D eigenvalue weighted by molar-refractivity contribution is 0.0900. The van der Waals surface area contributed by atoms with Crippen molar-refractivity contribution < 1.29 is 14.3 Å². The molecule has 0 spiro atoms. The van der Waals surface area contributed by atoms with Crippen LogP contribution in [0.3, 0.4) is 0 Å². The zero-order valence-corrected chi connectivity index (χ0v) is 25.0. The van der Waals surface area contributed by atoms with E-state index in [1.54, 1.807) is 0 Å². The van der Waals surface area contributed by atoms with Gasteiger partial charge >= 0.3 is 0 Å². The third-order valence-corrected chi connectivity index (χ3v) is 10.9. The Labute approximate surface area is 229 Å². The average molecular weight is 554 g/mol. The van der Waals surface area contributed by atoms with E-state index in [1.807, 2.05) is 0 Å². The number of hydrogen-bond acceptors (Lipinski definition) is 7. The summed E-state index contributed by atoms with van der Waals surface area (Å²) in [7, 11) is -1.65.